The Morgan fingerprint density at radius 1 is 1.21 bits per heavy atom. The first-order valence-electron chi connectivity index (χ1n) is 5.40. The third-order valence-electron chi connectivity index (χ3n) is 2.69. The van der Waals surface area contributed by atoms with Gasteiger partial charge in [0.05, 0.1) is 12.7 Å². The molecule has 0 atom stereocenters. The number of carboxylic acid groups (broad SMARTS) is 1. The molecule has 3 nitrogen and oxygen atoms in total. The Kier molecular flexibility index (Phi) is 3.46. The minimum absolute atomic E-state index is 0.0405. The van der Waals surface area contributed by atoms with E-state index in [0.717, 1.165) is 12.1 Å². The lowest BCUT2D eigenvalue weighted by Crippen LogP contribution is -2.01. The van der Waals surface area contributed by atoms with Crippen molar-refractivity contribution in [1.82, 2.24) is 0 Å². The molecule has 0 aliphatic rings. The lowest BCUT2D eigenvalue weighted by Gasteiger charge is -2.08. The van der Waals surface area contributed by atoms with E-state index < -0.39 is 23.2 Å². The van der Waals surface area contributed by atoms with E-state index in [1.54, 1.807) is 6.07 Å². The fourth-order valence-electron chi connectivity index (χ4n) is 1.75. The summed E-state index contributed by atoms with van der Waals surface area (Å²) >= 11 is 0. The third kappa shape index (κ3) is 2.40. The van der Waals surface area contributed by atoms with Crippen molar-refractivity contribution in [2.45, 2.75) is 0 Å². The highest BCUT2D eigenvalue weighted by atomic mass is 19.1. The van der Waals surface area contributed by atoms with E-state index in [0.29, 0.717) is 0 Å². The number of hydrogen-bond donors (Lipinski definition) is 1. The summed E-state index contributed by atoms with van der Waals surface area (Å²) in [7, 11) is 1.33. The molecule has 1 N–H and O–H groups in total. The highest BCUT2D eigenvalue weighted by Crippen LogP contribution is 2.29. The first-order chi connectivity index (χ1) is 9.04. The van der Waals surface area contributed by atoms with Gasteiger partial charge in [0, 0.05) is 5.56 Å². The van der Waals surface area contributed by atoms with Crippen LogP contribution in [0.2, 0.25) is 0 Å². The van der Waals surface area contributed by atoms with E-state index in [2.05, 4.69) is 0 Å². The zero-order valence-corrected chi connectivity index (χ0v) is 9.98. The van der Waals surface area contributed by atoms with E-state index in [1.807, 2.05) is 0 Å². The van der Waals surface area contributed by atoms with Gasteiger partial charge in [0.25, 0.3) is 0 Å². The largest absolute Gasteiger partial charge is 0.494 e. The van der Waals surface area contributed by atoms with Gasteiger partial charge in [0.15, 0.2) is 11.6 Å². The van der Waals surface area contributed by atoms with Gasteiger partial charge in [-0.05, 0) is 23.8 Å². The zero-order chi connectivity index (χ0) is 14.0. The Balaban J connectivity index is 2.60. The Bertz CT molecular complexity index is 639. The van der Waals surface area contributed by atoms with Gasteiger partial charge < -0.3 is 9.84 Å². The number of methoxy groups -OCH3 is 1. The summed E-state index contributed by atoms with van der Waals surface area (Å²) in [6.07, 6.45) is 0. The summed E-state index contributed by atoms with van der Waals surface area (Å²) in [4.78, 5) is 10.9. The molecule has 0 fully saturated rings. The van der Waals surface area contributed by atoms with Gasteiger partial charge in [0.2, 0.25) is 0 Å². The average molecular weight is 264 g/mol. The molecule has 0 aliphatic heterocycles. The lowest BCUT2D eigenvalue weighted by atomic mass is 10.0. The minimum atomic E-state index is -1.40. The molecule has 19 heavy (non-hydrogen) atoms. The maximum atomic E-state index is 14.0. The summed E-state index contributed by atoms with van der Waals surface area (Å²) in [5.41, 5.74) is -0.0724. The molecule has 0 aliphatic carbocycles. The number of carboxylic acids is 1. The van der Waals surface area contributed by atoms with Crippen LogP contribution in [0.25, 0.3) is 11.1 Å². The smallest absolute Gasteiger partial charge is 0.338 e. The first-order valence-corrected chi connectivity index (χ1v) is 5.40. The number of aromatic carboxylic acids is 1. The van der Waals surface area contributed by atoms with Crippen LogP contribution in [0.4, 0.5) is 8.78 Å². The van der Waals surface area contributed by atoms with Crippen molar-refractivity contribution >= 4 is 5.97 Å². The van der Waals surface area contributed by atoms with Crippen LogP contribution in [-0.4, -0.2) is 18.2 Å². The van der Waals surface area contributed by atoms with Gasteiger partial charge in [-0.15, -0.1) is 0 Å². The summed E-state index contributed by atoms with van der Waals surface area (Å²) in [5, 5.41) is 8.85. The van der Waals surface area contributed by atoms with Crippen LogP contribution in [-0.2, 0) is 0 Å². The maximum Gasteiger partial charge on any atom is 0.338 e. The van der Waals surface area contributed by atoms with Crippen LogP contribution in [0, 0.1) is 11.6 Å². The summed E-state index contributed by atoms with van der Waals surface area (Å²) in [6, 6.07) is 7.89. The molecule has 0 saturated heterocycles. The Morgan fingerprint density at radius 2 is 1.95 bits per heavy atom. The number of hydrogen-bond acceptors (Lipinski definition) is 2. The van der Waals surface area contributed by atoms with Gasteiger partial charge >= 0.3 is 5.97 Å². The molecule has 0 unspecified atom stereocenters. The maximum absolute atomic E-state index is 14.0. The van der Waals surface area contributed by atoms with Gasteiger partial charge in [-0.25, -0.2) is 13.6 Å². The molecule has 0 bridgehead atoms. The van der Waals surface area contributed by atoms with E-state index >= 15 is 0 Å². The van der Waals surface area contributed by atoms with Gasteiger partial charge in [-0.3, -0.25) is 0 Å². The second-order valence-electron chi connectivity index (χ2n) is 3.82. The fourth-order valence-corrected chi connectivity index (χ4v) is 1.75. The standard InChI is InChI=1S/C14H10F2O3/c1-19-12-4-2-3-9(13(12)16)8-5-6-11(15)10(7-8)14(17)18/h2-7H,1H3,(H,17,18). The van der Waals surface area contributed by atoms with Crippen molar-refractivity contribution in [3.8, 4) is 16.9 Å². The second kappa shape index (κ2) is 5.06. The molecule has 0 aromatic heterocycles. The average Bonchev–Trinajstić information content (AvgIpc) is 2.39. The van der Waals surface area contributed by atoms with Crippen molar-refractivity contribution in [1.29, 1.82) is 0 Å². The van der Waals surface area contributed by atoms with Crippen LogP contribution in [0.1, 0.15) is 10.4 Å². The first kappa shape index (κ1) is 13.0. The van der Waals surface area contributed by atoms with Crippen LogP contribution in [0.3, 0.4) is 0 Å². The number of halogens is 2. The molecule has 0 amide bonds. The molecule has 5 heteroatoms. The highest BCUT2D eigenvalue weighted by molar-refractivity contribution is 5.89. The second-order valence-corrected chi connectivity index (χ2v) is 3.82. The number of rotatable bonds is 3. The van der Waals surface area contributed by atoms with Crippen molar-refractivity contribution in [2.24, 2.45) is 0 Å². The minimum Gasteiger partial charge on any atom is -0.494 e. The van der Waals surface area contributed by atoms with Gasteiger partial charge in [-0.1, -0.05) is 18.2 Å². The monoisotopic (exact) mass is 264 g/mol. The molecular weight excluding hydrogens is 254 g/mol. The zero-order valence-electron chi connectivity index (χ0n) is 9.98. The van der Waals surface area contributed by atoms with Gasteiger partial charge in [0.1, 0.15) is 5.82 Å². The Hall–Kier alpha value is -2.43. The summed E-state index contributed by atoms with van der Waals surface area (Å²) in [6.45, 7) is 0. The van der Waals surface area contributed by atoms with E-state index in [1.165, 1.54) is 25.3 Å². The quantitative estimate of drug-likeness (QED) is 0.924. The molecule has 0 saturated carbocycles. The van der Waals surface area contributed by atoms with Crippen LogP contribution < -0.4 is 4.74 Å². The predicted octanol–water partition coefficient (Wildman–Crippen LogP) is 3.34. The van der Waals surface area contributed by atoms with Crippen molar-refractivity contribution in [2.75, 3.05) is 7.11 Å². The lowest BCUT2D eigenvalue weighted by molar-refractivity contribution is 0.0692. The molecule has 98 valence electrons. The summed E-state index contributed by atoms with van der Waals surface area (Å²) in [5.74, 6) is -2.84. The molecule has 0 heterocycles. The third-order valence-corrected chi connectivity index (χ3v) is 2.69. The molecule has 0 radical (unpaired) electrons. The topological polar surface area (TPSA) is 46.5 Å². The fraction of sp³-hybridized carbons (Fsp3) is 0.0714. The van der Waals surface area contributed by atoms with E-state index in [-0.39, 0.29) is 16.9 Å². The van der Waals surface area contributed by atoms with Crippen LogP contribution in [0.15, 0.2) is 36.4 Å². The SMILES string of the molecule is COc1cccc(-c2ccc(F)c(C(=O)O)c2)c1F. The molecule has 2 aromatic carbocycles. The Morgan fingerprint density at radius 3 is 2.58 bits per heavy atom. The normalized spacial score (nSPS) is 10.3. The van der Waals surface area contributed by atoms with Crippen molar-refractivity contribution in [3.05, 3.63) is 53.6 Å². The number of carbonyl (C=O) groups is 1. The highest BCUT2D eigenvalue weighted by Gasteiger charge is 2.15. The number of ether oxygens (including phenoxy) is 1. The Labute approximate surface area is 108 Å². The van der Waals surface area contributed by atoms with E-state index in [4.69, 9.17) is 9.84 Å². The molecule has 2 aromatic rings. The summed E-state index contributed by atoms with van der Waals surface area (Å²) < 4.78 is 32.2. The van der Waals surface area contributed by atoms with Crippen molar-refractivity contribution in [3.63, 3.8) is 0 Å². The predicted molar refractivity (Wildman–Crippen MR) is 65.3 cm³/mol. The van der Waals surface area contributed by atoms with Gasteiger partial charge in [-0.2, -0.15) is 0 Å². The van der Waals surface area contributed by atoms with Crippen molar-refractivity contribution < 1.29 is 23.4 Å². The van der Waals surface area contributed by atoms with E-state index in [9.17, 15) is 13.6 Å². The number of benzene rings is 2. The molecular formula is C14H10F2O3. The molecule has 2 rings (SSSR count). The van der Waals surface area contributed by atoms with Crippen LogP contribution >= 0.6 is 0 Å². The molecule has 0 spiro atoms. The van der Waals surface area contributed by atoms with Crippen LogP contribution in [0.5, 0.6) is 5.75 Å².